The molecule has 94 valence electrons. The molecule has 0 aromatic carbocycles. The van der Waals surface area contributed by atoms with Crippen molar-refractivity contribution in [2.45, 2.75) is 18.9 Å². The van der Waals surface area contributed by atoms with Crippen LogP contribution in [0.3, 0.4) is 0 Å². The highest BCUT2D eigenvalue weighted by Crippen LogP contribution is 2.18. The van der Waals surface area contributed by atoms with Crippen molar-refractivity contribution in [1.82, 2.24) is 4.98 Å². The van der Waals surface area contributed by atoms with Crippen LogP contribution in [0.25, 0.3) is 0 Å². The first-order chi connectivity index (χ1) is 8.09. The Balaban J connectivity index is 2.05. The van der Waals surface area contributed by atoms with Gasteiger partial charge in [0.05, 0.1) is 35.3 Å². The van der Waals surface area contributed by atoms with E-state index in [1.807, 2.05) is 13.1 Å². The minimum absolute atomic E-state index is 0.00246. The van der Waals surface area contributed by atoms with Gasteiger partial charge in [-0.05, 0) is 18.9 Å². The van der Waals surface area contributed by atoms with Gasteiger partial charge in [0, 0.05) is 13.1 Å². The van der Waals surface area contributed by atoms with Gasteiger partial charge in [0.25, 0.3) is 0 Å². The van der Waals surface area contributed by atoms with Crippen molar-refractivity contribution < 1.29 is 8.42 Å². The molecule has 2 rings (SSSR count). The number of hydrogen-bond donors (Lipinski definition) is 2. The molecular weight excluding hydrogens is 238 g/mol. The van der Waals surface area contributed by atoms with Crippen LogP contribution in [0.15, 0.2) is 18.5 Å². The van der Waals surface area contributed by atoms with E-state index in [1.54, 1.807) is 12.4 Å². The maximum Gasteiger partial charge on any atom is 0.152 e. The van der Waals surface area contributed by atoms with Gasteiger partial charge in [-0.3, -0.25) is 4.98 Å². The Kier molecular flexibility index (Phi) is 3.51. The summed E-state index contributed by atoms with van der Waals surface area (Å²) < 4.78 is 23.0. The van der Waals surface area contributed by atoms with E-state index < -0.39 is 9.84 Å². The first-order valence-electron chi connectivity index (χ1n) is 5.69. The Hall–Kier alpha value is -1.30. The highest BCUT2D eigenvalue weighted by atomic mass is 32.2. The molecule has 1 aliphatic rings. The highest BCUT2D eigenvalue weighted by molar-refractivity contribution is 7.91. The van der Waals surface area contributed by atoms with Crippen molar-refractivity contribution in [2.75, 3.05) is 29.2 Å². The maximum atomic E-state index is 11.5. The van der Waals surface area contributed by atoms with Crippen molar-refractivity contribution in [3.63, 3.8) is 0 Å². The fraction of sp³-hybridized carbons (Fsp3) is 0.545. The van der Waals surface area contributed by atoms with Gasteiger partial charge in [-0.2, -0.15) is 0 Å². The Labute approximate surface area is 102 Å². The third-order valence-corrected chi connectivity index (χ3v) is 4.68. The van der Waals surface area contributed by atoms with Gasteiger partial charge in [0.15, 0.2) is 9.84 Å². The number of rotatable bonds is 3. The lowest BCUT2D eigenvalue weighted by atomic mass is 10.2. The molecule has 1 unspecified atom stereocenters. The summed E-state index contributed by atoms with van der Waals surface area (Å²) in [6.45, 7) is 0. The molecule has 2 heterocycles. The van der Waals surface area contributed by atoms with Gasteiger partial charge in [-0.15, -0.1) is 0 Å². The third-order valence-electron chi connectivity index (χ3n) is 2.86. The average Bonchev–Trinajstić information content (AvgIpc) is 2.28. The van der Waals surface area contributed by atoms with Crippen LogP contribution in [0, 0.1) is 0 Å². The van der Waals surface area contributed by atoms with Crippen molar-refractivity contribution >= 4 is 21.2 Å². The van der Waals surface area contributed by atoms with E-state index in [2.05, 4.69) is 15.6 Å². The second-order valence-corrected chi connectivity index (χ2v) is 6.54. The first kappa shape index (κ1) is 12.2. The summed E-state index contributed by atoms with van der Waals surface area (Å²) in [7, 11) is -1.04. The van der Waals surface area contributed by atoms with Gasteiger partial charge in [-0.25, -0.2) is 8.42 Å². The lowest BCUT2D eigenvalue weighted by Gasteiger charge is -2.24. The van der Waals surface area contributed by atoms with Crippen LogP contribution in [-0.2, 0) is 9.84 Å². The number of anilines is 2. The molecule has 1 saturated heterocycles. The SMILES string of the molecule is CNc1cncc(NC2CCCS(=O)(=O)C2)c1. The van der Waals surface area contributed by atoms with Gasteiger partial charge in [0.2, 0.25) is 0 Å². The normalized spacial score (nSPS) is 23.0. The molecular formula is C11H17N3O2S. The molecule has 0 radical (unpaired) electrons. The molecule has 6 heteroatoms. The van der Waals surface area contributed by atoms with Gasteiger partial charge in [-0.1, -0.05) is 0 Å². The van der Waals surface area contributed by atoms with Gasteiger partial charge >= 0.3 is 0 Å². The number of nitrogens with one attached hydrogen (secondary N) is 2. The lowest BCUT2D eigenvalue weighted by Crippen LogP contribution is -2.34. The summed E-state index contributed by atoms with van der Waals surface area (Å²) in [5.74, 6) is 0.538. The number of aromatic nitrogens is 1. The Morgan fingerprint density at radius 1 is 1.35 bits per heavy atom. The zero-order valence-corrected chi connectivity index (χ0v) is 10.6. The molecule has 0 spiro atoms. The number of hydrogen-bond acceptors (Lipinski definition) is 5. The Morgan fingerprint density at radius 2 is 2.12 bits per heavy atom. The summed E-state index contributed by atoms with van der Waals surface area (Å²) in [6.07, 6.45) is 5.06. The molecule has 0 bridgehead atoms. The molecule has 5 nitrogen and oxygen atoms in total. The summed E-state index contributed by atoms with van der Waals surface area (Å²) in [6, 6.07) is 1.93. The van der Waals surface area contributed by atoms with E-state index in [9.17, 15) is 8.42 Å². The predicted molar refractivity (Wildman–Crippen MR) is 69.1 cm³/mol. The third kappa shape index (κ3) is 3.33. The zero-order chi connectivity index (χ0) is 12.3. The van der Waals surface area contributed by atoms with Crippen LogP contribution in [0.2, 0.25) is 0 Å². The summed E-state index contributed by atoms with van der Waals surface area (Å²) in [4.78, 5) is 4.08. The number of sulfone groups is 1. The lowest BCUT2D eigenvalue weighted by molar-refractivity contribution is 0.562. The molecule has 1 aliphatic heterocycles. The van der Waals surface area contributed by atoms with E-state index in [-0.39, 0.29) is 11.8 Å². The molecule has 17 heavy (non-hydrogen) atoms. The van der Waals surface area contributed by atoms with Crippen LogP contribution in [0.1, 0.15) is 12.8 Å². The monoisotopic (exact) mass is 255 g/mol. The molecule has 1 atom stereocenters. The van der Waals surface area contributed by atoms with Crippen molar-refractivity contribution in [3.05, 3.63) is 18.5 Å². The topological polar surface area (TPSA) is 71.1 Å². The van der Waals surface area contributed by atoms with Crippen LogP contribution in [0.4, 0.5) is 11.4 Å². The molecule has 1 fully saturated rings. The predicted octanol–water partition coefficient (Wildman–Crippen LogP) is 1.11. The van der Waals surface area contributed by atoms with Gasteiger partial charge < -0.3 is 10.6 Å². The van der Waals surface area contributed by atoms with E-state index in [0.29, 0.717) is 5.75 Å². The molecule has 0 amide bonds. The van der Waals surface area contributed by atoms with E-state index in [1.165, 1.54) is 0 Å². The second kappa shape index (κ2) is 4.91. The second-order valence-electron chi connectivity index (χ2n) is 4.31. The van der Waals surface area contributed by atoms with Crippen molar-refractivity contribution in [3.8, 4) is 0 Å². The smallest absolute Gasteiger partial charge is 0.152 e. The summed E-state index contributed by atoms with van der Waals surface area (Å²) in [5.41, 5.74) is 1.77. The average molecular weight is 255 g/mol. The number of nitrogens with zero attached hydrogens (tertiary/aromatic N) is 1. The molecule has 0 saturated carbocycles. The Morgan fingerprint density at radius 3 is 2.82 bits per heavy atom. The van der Waals surface area contributed by atoms with Crippen LogP contribution < -0.4 is 10.6 Å². The van der Waals surface area contributed by atoms with Crippen LogP contribution >= 0.6 is 0 Å². The van der Waals surface area contributed by atoms with Crippen molar-refractivity contribution in [1.29, 1.82) is 0 Å². The van der Waals surface area contributed by atoms with Crippen molar-refractivity contribution in [2.24, 2.45) is 0 Å². The largest absolute Gasteiger partial charge is 0.387 e. The minimum atomic E-state index is -2.87. The van der Waals surface area contributed by atoms with Gasteiger partial charge in [0.1, 0.15) is 0 Å². The number of pyridine rings is 1. The minimum Gasteiger partial charge on any atom is -0.387 e. The summed E-state index contributed by atoms with van der Waals surface area (Å²) in [5, 5.41) is 6.23. The fourth-order valence-corrected chi connectivity index (χ4v) is 3.66. The Bertz CT molecular complexity index is 487. The standard InChI is InChI=1S/C11H17N3O2S/c1-12-10-5-11(7-13-6-10)14-9-3-2-4-17(15,16)8-9/h5-7,9,12,14H,2-4,8H2,1H3. The van der Waals surface area contributed by atoms with Crippen LogP contribution in [0.5, 0.6) is 0 Å². The molecule has 0 aliphatic carbocycles. The summed E-state index contributed by atoms with van der Waals surface area (Å²) >= 11 is 0. The maximum absolute atomic E-state index is 11.5. The quantitative estimate of drug-likeness (QED) is 0.846. The van der Waals surface area contributed by atoms with E-state index in [4.69, 9.17) is 0 Å². The highest BCUT2D eigenvalue weighted by Gasteiger charge is 2.24. The molecule has 1 aromatic heterocycles. The first-order valence-corrected chi connectivity index (χ1v) is 7.51. The van der Waals surface area contributed by atoms with Crippen LogP contribution in [-0.4, -0.2) is 38.0 Å². The van der Waals surface area contributed by atoms with E-state index in [0.717, 1.165) is 24.2 Å². The molecule has 2 N–H and O–H groups in total. The fourth-order valence-electron chi connectivity index (χ4n) is 2.03. The van der Waals surface area contributed by atoms with E-state index >= 15 is 0 Å². The molecule has 1 aromatic rings. The zero-order valence-electron chi connectivity index (χ0n) is 9.81.